The first-order valence-corrected chi connectivity index (χ1v) is 11.5. The molecule has 3 rings (SSSR count). The highest BCUT2D eigenvalue weighted by Crippen LogP contribution is 2.24. The third-order valence-corrected chi connectivity index (χ3v) is 7.08. The first kappa shape index (κ1) is 21.3. The minimum Gasteiger partial charge on any atom is -0.273 e. The Labute approximate surface area is 174 Å². The fourth-order valence-electron chi connectivity index (χ4n) is 3.23. The van der Waals surface area contributed by atoms with Crippen molar-refractivity contribution >= 4 is 10.0 Å². The number of benzene rings is 2. The molecule has 1 aromatic heterocycles. The van der Waals surface area contributed by atoms with Crippen LogP contribution in [0.5, 0.6) is 0 Å². The van der Waals surface area contributed by atoms with Gasteiger partial charge in [-0.05, 0) is 42.5 Å². The molecule has 0 aliphatic rings. The molecule has 5 nitrogen and oxygen atoms in total. The van der Waals surface area contributed by atoms with Crippen LogP contribution >= 0.6 is 0 Å². The van der Waals surface area contributed by atoms with Crippen LogP contribution in [0.1, 0.15) is 49.8 Å². The molecule has 0 unspecified atom stereocenters. The van der Waals surface area contributed by atoms with Crippen LogP contribution in [0.2, 0.25) is 0 Å². The van der Waals surface area contributed by atoms with Gasteiger partial charge in [-0.25, -0.2) is 8.42 Å². The summed E-state index contributed by atoms with van der Waals surface area (Å²) in [4.78, 5) is 0.323. The van der Waals surface area contributed by atoms with E-state index in [1.807, 2.05) is 60.3 Å². The molecule has 6 heteroatoms. The van der Waals surface area contributed by atoms with Gasteiger partial charge in [0.05, 0.1) is 11.1 Å². The molecule has 2 aromatic carbocycles. The van der Waals surface area contributed by atoms with Gasteiger partial charge < -0.3 is 0 Å². The average molecular weight is 412 g/mol. The van der Waals surface area contributed by atoms with Crippen LogP contribution in [0.4, 0.5) is 0 Å². The maximum atomic E-state index is 13.5. The molecule has 29 heavy (non-hydrogen) atoms. The van der Waals surface area contributed by atoms with E-state index in [-0.39, 0.29) is 6.54 Å². The second-order valence-electron chi connectivity index (χ2n) is 7.34. The molecule has 154 valence electrons. The van der Waals surface area contributed by atoms with Gasteiger partial charge in [0, 0.05) is 31.4 Å². The van der Waals surface area contributed by atoms with E-state index in [2.05, 4.69) is 18.9 Å². The zero-order chi connectivity index (χ0) is 20.9. The molecule has 1 heterocycles. The van der Waals surface area contributed by atoms with E-state index in [1.165, 1.54) is 4.31 Å². The Morgan fingerprint density at radius 2 is 1.62 bits per heavy atom. The van der Waals surface area contributed by atoms with Crippen LogP contribution < -0.4 is 0 Å². The fourth-order valence-corrected chi connectivity index (χ4v) is 4.65. The van der Waals surface area contributed by atoms with E-state index in [0.717, 1.165) is 29.7 Å². The quantitative estimate of drug-likeness (QED) is 0.508. The van der Waals surface area contributed by atoms with Gasteiger partial charge >= 0.3 is 0 Å². The van der Waals surface area contributed by atoms with Gasteiger partial charge in [0.25, 0.3) is 0 Å². The van der Waals surface area contributed by atoms with Crippen molar-refractivity contribution in [2.45, 2.75) is 57.6 Å². The summed E-state index contributed by atoms with van der Waals surface area (Å²) >= 11 is 0. The number of rotatable bonds is 9. The molecule has 0 radical (unpaired) electrons. The molecule has 0 fully saturated rings. The van der Waals surface area contributed by atoms with Crippen molar-refractivity contribution in [3.8, 4) is 0 Å². The van der Waals surface area contributed by atoms with Gasteiger partial charge in [-0.2, -0.15) is 9.40 Å². The fraction of sp³-hybridized carbons (Fsp3) is 0.348. The smallest absolute Gasteiger partial charge is 0.243 e. The predicted octanol–water partition coefficient (Wildman–Crippen LogP) is 4.81. The Bertz CT molecular complexity index is 1010. The van der Waals surface area contributed by atoms with Gasteiger partial charge in [-0.3, -0.25) is 4.68 Å². The lowest BCUT2D eigenvalue weighted by Gasteiger charge is -2.22. The Balaban J connectivity index is 1.92. The molecule has 0 amide bonds. The van der Waals surface area contributed by atoms with E-state index in [4.69, 9.17) is 0 Å². The highest BCUT2D eigenvalue weighted by atomic mass is 32.2. The van der Waals surface area contributed by atoms with E-state index < -0.39 is 10.0 Å². The van der Waals surface area contributed by atoms with E-state index in [1.54, 1.807) is 18.3 Å². The van der Waals surface area contributed by atoms with Crippen LogP contribution in [0.3, 0.4) is 0 Å². The van der Waals surface area contributed by atoms with Crippen LogP contribution in [-0.4, -0.2) is 22.5 Å². The summed E-state index contributed by atoms with van der Waals surface area (Å²) in [5.41, 5.74) is 2.99. The Morgan fingerprint density at radius 3 is 2.21 bits per heavy atom. The number of hydrogen-bond donors (Lipinski definition) is 0. The van der Waals surface area contributed by atoms with Crippen LogP contribution in [0.15, 0.2) is 71.9 Å². The van der Waals surface area contributed by atoms with Crippen LogP contribution in [0, 0.1) is 0 Å². The standard InChI is InChI=1S/C23H29N3O2S/c1-4-19(3)22-11-13-23(14-12-22)29(27,28)26(17-20-9-7-6-8-10-20)18-21-15-24-25(5-2)16-21/h6-16,19H,4-5,17-18H2,1-3H3/t19-/m1/s1. The second-order valence-corrected chi connectivity index (χ2v) is 9.28. The summed E-state index contributed by atoms with van der Waals surface area (Å²) < 4.78 is 30.3. The van der Waals surface area contributed by atoms with Crippen LogP contribution in [0.25, 0.3) is 0 Å². The number of sulfonamides is 1. The first-order valence-electron chi connectivity index (χ1n) is 10.1. The van der Waals surface area contributed by atoms with E-state index in [9.17, 15) is 8.42 Å². The average Bonchev–Trinajstić information content (AvgIpc) is 3.21. The van der Waals surface area contributed by atoms with Gasteiger partial charge in [0.15, 0.2) is 0 Å². The molecule has 0 bridgehead atoms. The van der Waals surface area contributed by atoms with Crippen molar-refractivity contribution in [3.05, 3.63) is 83.7 Å². The van der Waals surface area contributed by atoms with Crippen molar-refractivity contribution in [3.63, 3.8) is 0 Å². The molecular weight excluding hydrogens is 382 g/mol. The highest BCUT2D eigenvalue weighted by molar-refractivity contribution is 7.89. The third-order valence-electron chi connectivity index (χ3n) is 5.27. The molecule has 3 aromatic rings. The summed E-state index contributed by atoms with van der Waals surface area (Å²) in [6.07, 6.45) is 4.66. The molecular formula is C23H29N3O2S. The first-order chi connectivity index (χ1) is 13.9. The molecule has 0 aliphatic heterocycles. The van der Waals surface area contributed by atoms with Crippen molar-refractivity contribution in [1.29, 1.82) is 0 Å². The van der Waals surface area contributed by atoms with Crippen molar-refractivity contribution in [2.75, 3.05) is 0 Å². The molecule has 0 saturated carbocycles. The summed E-state index contributed by atoms with van der Waals surface area (Å²) in [5, 5.41) is 4.29. The number of aromatic nitrogens is 2. The number of hydrogen-bond acceptors (Lipinski definition) is 3. The van der Waals surface area contributed by atoms with Crippen molar-refractivity contribution < 1.29 is 8.42 Å². The summed E-state index contributed by atoms with van der Waals surface area (Å²) in [6, 6.07) is 17.0. The molecule has 0 saturated heterocycles. The third kappa shape index (κ3) is 5.14. The minimum absolute atomic E-state index is 0.282. The van der Waals surface area contributed by atoms with Crippen LogP contribution in [-0.2, 0) is 29.7 Å². The second kappa shape index (κ2) is 9.37. The van der Waals surface area contributed by atoms with Gasteiger partial charge in [0.1, 0.15) is 0 Å². The Kier molecular flexibility index (Phi) is 6.87. The lowest BCUT2D eigenvalue weighted by Crippen LogP contribution is -2.30. The largest absolute Gasteiger partial charge is 0.273 e. The van der Waals surface area contributed by atoms with Gasteiger partial charge in [0.2, 0.25) is 10.0 Å². The topological polar surface area (TPSA) is 55.2 Å². The van der Waals surface area contributed by atoms with Crippen molar-refractivity contribution in [2.24, 2.45) is 0 Å². The number of aryl methyl sites for hydroxylation is 1. The zero-order valence-electron chi connectivity index (χ0n) is 17.3. The number of nitrogens with zero attached hydrogens (tertiary/aromatic N) is 3. The van der Waals surface area contributed by atoms with Gasteiger partial charge in [-0.15, -0.1) is 0 Å². The van der Waals surface area contributed by atoms with E-state index in [0.29, 0.717) is 17.4 Å². The monoisotopic (exact) mass is 411 g/mol. The molecule has 0 aliphatic carbocycles. The Morgan fingerprint density at radius 1 is 0.966 bits per heavy atom. The zero-order valence-corrected chi connectivity index (χ0v) is 18.1. The van der Waals surface area contributed by atoms with Crippen molar-refractivity contribution in [1.82, 2.24) is 14.1 Å². The van der Waals surface area contributed by atoms with Gasteiger partial charge in [-0.1, -0.05) is 56.3 Å². The summed E-state index contributed by atoms with van der Waals surface area (Å²) in [6.45, 7) is 7.64. The molecule has 1 atom stereocenters. The maximum absolute atomic E-state index is 13.5. The Hall–Kier alpha value is -2.44. The predicted molar refractivity (Wildman–Crippen MR) is 116 cm³/mol. The maximum Gasteiger partial charge on any atom is 0.243 e. The lowest BCUT2D eigenvalue weighted by atomic mass is 9.99. The highest BCUT2D eigenvalue weighted by Gasteiger charge is 2.25. The molecule has 0 N–H and O–H groups in total. The normalized spacial score (nSPS) is 13.0. The summed E-state index contributed by atoms with van der Waals surface area (Å²) in [5.74, 6) is 0.409. The lowest BCUT2D eigenvalue weighted by molar-refractivity contribution is 0.401. The molecule has 0 spiro atoms. The minimum atomic E-state index is -3.65. The van der Waals surface area contributed by atoms with E-state index >= 15 is 0 Å². The summed E-state index contributed by atoms with van der Waals surface area (Å²) in [7, 11) is -3.65. The SMILES string of the molecule is CC[C@@H](C)c1ccc(S(=O)(=O)N(Cc2ccccc2)Cc2cnn(CC)c2)cc1.